The van der Waals surface area contributed by atoms with E-state index in [0.29, 0.717) is 22.6 Å². The molecule has 3 heteroatoms. The molecule has 23 heavy (non-hydrogen) atoms. The Balaban J connectivity index is 1.72. The topological polar surface area (TPSA) is 30.2 Å². The van der Waals surface area contributed by atoms with Crippen LogP contribution in [0.2, 0.25) is 5.02 Å². The van der Waals surface area contributed by atoms with Crippen molar-refractivity contribution in [3.05, 3.63) is 101 Å². The molecule has 0 amide bonds. The van der Waals surface area contributed by atoms with Crippen LogP contribution >= 0.6 is 11.6 Å². The number of hydrogen-bond donors (Lipinski definition) is 0. The van der Waals surface area contributed by atoms with Crippen molar-refractivity contribution >= 4 is 23.5 Å². The van der Waals surface area contributed by atoms with Crippen molar-refractivity contribution in [1.29, 1.82) is 0 Å². The van der Waals surface area contributed by atoms with Crippen LogP contribution < -0.4 is 0 Å². The largest absolute Gasteiger partial charge is 0.465 e. The molecular formula is C20H15ClO2. The van der Waals surface area contributed by atoms with E-state index in [9.17, 15) is 4.79 Å². The molecule has 0 bridgehead atoms. The summed E-state index contributed by atoms with van der Waals surface area (Å²) in [6.07, 6.45) is 14.0. The zero-order valence-corrected chi connectivity index (χ0v) is 13.2. The van der Waals surface area contributed by atoms with Gasteiger partial charge in [0.05, 0.1) is 6.26 Å². The Morgan fingerprint density at radius 2 is 1.87 bits per heavy atom. The number of benzene rings is 1. The summed E-state index contributed by atoms with van der Waals surface area (Å²) in [6.45, 7) is 0. The molecule has 1 aliphatic carbocycles. The molecule has 0 spiro atoms. The normalized spacial score (nSPS) is 14.5. The number of ketones is 1. The van der Waals surface area contributed by atoms with Crippen LogP contribution in [0, 0.1) is 0 Å². The molecule has 0 saturated heterocycles. The number of carbonyl (C=O) groups is 1. The van der Waals surface area contributed by atoms with E-state index in [2.05, 4.69) is 6.08 Å². The second-order valence-corrected chi connectivity index (χ2v) is 5.55. The minimum atomic E-state index is 0.00239. The molecule has 0 unspecified atom stereocenters. The van der Waals surface area contributed by atoms with Crippen molar-refractivity contribution < 1.29 is 9.21 Å². The van der Waals surface area contributed by atoms with E-state index in [4.69, 9.17) is 16.0 Å². The Labute approximate surface area is 140 Å². The maximum absolute atomic E-state index is 12.5. The van der Waals surface area contributed by atoms with E-state index in [-0.39, 0.29) is 5.78 Å². The minimum Gasteiger partial charge on any atom is -0.465 e. The molecule has 0 saturated carbocycles. The number of halogens is 1. The quantitative estimate of drug-likeness (QED) is 0.682. The van der Waals surface area contributed by atoms with Gasteiger partial charge in [0, 0.05) is 16.2 Å². The molecule has 0 atom stereocenters. The molecule has 1 aromatic carbocycles. The third kappa shape index (κ3) is 3.99. The van der Waals surface area contributed by atoms with Crippen LogP contribution in [-0.4, -0.2) is 5.78 Å². The highest BCUT2D eigenvalue weighted by Crippen LogP contribution is 2.18. The molecule has 0 radical (unpaired) electrons. The van der Waals surface area contributed by atoms with E-state index in [0.717, 1.165) is 11.3 Å². The molecule has 1 heterocycles. The molecule has 3 rings (SSSR count). The molecule has 0 aliphatic heterocycles. The van der Waals surface area contributed by atoms with Crippen molar-refractivity contribution in [3.8, 4) is 0 Å². The standard InChI is InChI=1S/C20H15ClO2/c21-18-11-9-17(10-12-18)20(22)16-4-1-3-15(6-8-16)7-13-19-5-2-14-23-19/h2-14H,1H2/b13-7+. The van der Waals surface area contributed by atoms with Gasteiger partial charge in [-0.2, -0.15) is 0 Å². The Morgan fingerprint density at radius 1 is 1.04 bits per heavy atom. The maximum Gasteiger partial charge on any atom is 0.192 e. The SMILES string of the molecule is O=C(C1=CCC=C(/C=C/c2ccco2)C=C1)c1ccc(Cl)cc1. The van der Waals surface area contributed by atoms with Gasteiger partial charge >= 0.3 is 0 Å². The lowest BCUT2D eigenvalue weighted by Gasteiger charge is -2.01. The van der Waals surface area contributed by atoms with Crippen LogP contribution in [0.5, 0.6) is 0 Å². The van der Waals surface area contributed by atoms with Crippen molar-refractivity contribution in [2.75, 3.05) is 0 Å². The monoisotopic (exact) mass is 322 g/mol. The van der Waals surface area contributed by atoms with Gasteiger partial charge in [0.2, 0.25) is 0 Å². The highest BCUT2D eigenvalue weighted by molar-refractivity contribution is 6.30. The average Bonchev–Trinajstić information content (AvgIpc) is 2.97. The Morgan fingerprint density at radius 3 is 2.61 bits per heavy atom. The molecule has 114 valence electrons. The molecule has 1 aliphatic rings. The first kappa shape index (κ1) is 15.3. The van der Waals surface area contributed by atoms with Gasteiger partial charge in [-0.15, -0.1) is 0 Å². The van der Waals surface area contributed by atoms with Crippen LogP contribution in [-0.2, 0) is 0 Å². The van der Waals surface area contributed by atoms with Crippen molar-refractivity contribution in [2.24, 2.45) is 0 Å². The van der Waals surface area contributed by atoms with Gasteiger partial charge in [-0.05, 0) is 54.5 Å². The maximum atomic E-state index is 12.5. The Kier molecular flexibility index (Phi) is 4.74. The zero-order chi connectivity index (χ0) is 16.1. The summed E-state index contributed by atoms with van der Waals surface area (Å²) >= 11 is 5.86. The van der Waals surface area contributed by atoms with Gasteiger partial charge in [0.15, 0.2) is 5.78 Å². The fraction of sp³-hybridized carbons (Fsp3) is 0.0500. The zero-order valence-electron chi connectivity index (χ0n) is 12.4. The summed E-state index contributed by atoms with van der Waals surface area (Å²) in [6, 6.07) is 10.7. The predicted octanol–water partition coefficient (Wildman–Crippen LogP) is 5.64. The van der Waals surface area contributed by atoms with Gasteiger partial charge in [-0.25, -0.2) is 0 Å². The van der Waals surface area contributed by atoms with E-state index < -0.39 is 0 Å². The van der Waals surface area contributed by atoms with Crippen LogP contribution in [0.4, 0.5) is 0 Å². The smallest absolute Gasteiger partial charge is 0.192 e. The number of furan rings is 1. The average molecular weight is 323 g/mol. The van der Waals surface area contributed by atoms with Gasteiger partial charge in [0.25, 0.3) is 0 Å². The second-order valence-electron chi connectivity index (χ2n) is 5.12. The van der Waals surface area contributed by atoms with E-state index in [1.807, 2.05) is 42.5 Å². The van der Waals surface area contributed by atoms with E-state index in [1.54, 1.807) is 30.5 Å². The number of rotatable bonds is 4. The lowest BCUT2D eigenvalue weighted by atomic mass is 10.0. The van der Waals surface area contributed by atoms with Crippen molar-refractivity contribution in [2.45, 2.75) is 6.42 Å². The van der Waals surface area contributed by atoms with Crippen LogP contribution in [0.3, 0.4) is 0 Å². The summed E-state index contributed by atoms with van der Waals surface area (Å²) in [7, 11) is 0. The summed E-state index contributed by atoms with van der Waals surface area (Å²) in [5.74, 6) is 0.802. The molecule has 2 nitrogen and oxygen atoms in total. The number of carbonyl (C=O) groups excluding carboxylic acids is 1. The highest BCUT2D eigenvalue weighted by atomic mass is 35.5. The first-order chi connectivity index (χ1) is 11.2. The first-order valence-electron chi connectivity index (χ1n) is 7.32. The predicted molar refractivity (Wildman–Crippen MR) is 93.4 cm³/mol. The highest BCUT2D eigenvalue weighted by Gasteiger charge is 2.10. The summed E-state index contributed by atoms with van der Waals surface area (Å²) in [5.41, 5.74) is 2.36. The lowest BCUT2D eigenvalue weighted by molar-refractivity contribution is 0.103. The molecule has 0 fully saturated rings. The third-order valence-corrected chi connectivity index (χ3v) is 3.75. The summed E-state index contributed by atoms with van der Waals surface area (Å²) in [4.78, 5) is 12.5. The fourth-order valence-electron chi connectivity index (χ4n) is 2.27. The molecule has 1 aromatic heterocycles. The number of Topliss-reactive ketones (excluding diaryl/α,β-unsaturated/α-hetero) is 1. The summed E-state index contributed by atoms with van der Waals surface area (Å²) in [5, 5.41) is 0.624. The van der Waals surface area contributed by atoms with Gasteiger partial charge in [-0.3, -0.25) is 4.79 Å². The van der Waals surface area contributed by atoms with Crippen LogP contribution in [0.15, 0.2) is 88.6 Å². The van der Waals surface area contributed by atoms with Crippen LogP contribution in [0.25, 0.3) is 6.08 Å². The third-order valence-electron chi connectivity index (χ3n) is 3.50. The lowest BCUT2D eigenvalue weighted by Crippen LogP contribution is -2.01. The fourth-order valence-corrected chi connectivity index (χ4v) is 2.39. The van der Waals surface area contributed by atoms with Crippen molar-refractivity contribution in [1.82, 2.24) is 0 Å². The number of hydrogen-bond acceptors (Lipinski definition) is 2. The Bertz CT molecular complexity index is 804. The molecular weight excluding hydrogens is 308 g/mol. The van der Waals surface area contributed by atoms with E-state index in [1.165, 1.54) is 0 Å². The van der Waals surface area contributed by atoms with Gasteiger partial charge < -0.3 is 4.42 Å². The first-order valence-corrected chi connectivity index (χ1v) is 7.70. The summed E-state index contributed by atoms with van der Waals surface area (Å²) < 4.78 is 5.27. The Hall–Kier alpha value is -2.58. The van der Waals surface area contributed by atoms with Gasteiger partial charge in [-0.1, -0.05) is 42.0 Å². The minimum absolute atomic E-state index is 0.00239. The van der Waals surface area contributed by atoms with Gasteiger partial charge in [0.1, 0.15) is 5.76 Å². The second kappa shape index (κ2) is 7.12. The number of allylic oxidation sites excluding steroid dienone is 7. The van der Waals surface area contributed by atoms with Crippen LogP contribution in [0.1, 0.15) is 22.5 Å². The molecule has 2 aromatic rings. The van der Waals surface area contributed by atoms with E-state index >= 15 is 0 Å². The van der Waals surface area contributed by atoms with Crippen molar-refractivity contribution in [3.63, 3.8) is 0 Å². The molecule has 0 N–H and O–H groups in total.